The standard InChI is InChI=1S/C24H25N3O3S/c1-14(2)30-19-11-7-6-10-17(19)18-12-20(28)25-22-21(18)23(29)27-24(26-22)31-13-16-9-5-4-8-15(16)3/h4-11,14,18H,12-13H2,1-3H3,(H2,25,26,27,28,29)/t18-/m0/s1. The molecule has 0 unspecified atom stereocenters. The molecule has 1 atom stereocenters. The van der Waals surface area contributed by atoms with E-state index in [1.54, 1.807) is 0 Å². The van der Waals surface area contributed by atoms with Crippen molar-refractivity contribution in [2.45, 2.75) is 50.1 Å². The van der Waals surface area contributed by atoms with Gasteiger partial charge in [-0.15, -0.1) is 0 Å². The van der Waals surface area contributed by atoms with Crippen molar-refractivity contribution in [1.82, 2.24) is 9.97 Å². The summed E-state index contributed by atoms with van der Waals surface area (Å²) in [7, 11) is 0. The Kier molecular flexibility index (Phi) is 6.13. The van der Waals surface area contributed by atoms with E-state index in [1.165, 1.54) is 22.9 Å². The number of nitrogens with one attached hydrogen (secondary N) is 2. The zero-order valence-corrected chi connectivity index (χ0v) is 18.6. The monoisotopic (exact) mass is 435 g/mol. The smallest absolute Gasteiger partial charge is 0.257 e. The van der Waals surface area contributed by atoms with Crippen LogP contribution in [0.1, 0.15) is 48.4 Å². The number of H-pyrrole nitrogens is 1. The molecule has 2 N–H and O–H groups in total. The van der Waals surface area contributed by atoms with Crippen LogP contribution in [-0.2, 0) is 10.5 Å². The summed E-state index contributed by atoms with van der Waals surface area (Å²) in [5.74, 6) is 1.11. The van der Waals surface area contributed by atoms with Crippen LogP contribution in [0.5, 0.6) is 5.75 Å². The summed E-state index contributed by atoms with van der Waals surface area (Å²) < 4.78 is 5.94. The van der Waals surface area contributed by atoms with Crippen molar-refractivity contribution < 1.29 is 9.53 Å². The lowest BCUT2D eigenvalue weighted by molar-refractivity contribution is -0.116. The Hall–Kier alpha value is -3.06. The second kappa shape index (κ2) is 8.98. The van der Waals surface area contributed by atoms with Gasteiger partial charge in [-0.05, 0) is 38.0 Å². The largest absolute Gasteiger partial charge is 0.491 e. The summed E-state index contributed by atoms with van der Waals surface area (Å²) in [6.07, 6.45) is 0.154. The number of fused-ring (bicyclic) bond motifs is 1. The Balaban J connectivity index is 1.68. The third-order valence-electron chi connectivity index (χ3n) is 5.21. The van der Waals surface area contributed by atoms with Crippen LogP contribution in [0.2, 0.25) is 0 Å². The third kappa shape index (κ3) is 4.66. The number of hydrogen-bond acceptors (Lipinski definition) is 5. The highest BCUT2D eigenvalue weighted by Crippen LogP contribution is 2.39. The predicted octanol–water partition coefficient (Wildman–Crippen LogP) is 4.63. The Morgan fingerprint density at radius 2 is 1.87 bits per heavy atom. The topological polar surface area (TPSA) is 84.1 Å². The van der Waals surface area contributed by atoms with Gasteiger partial charge in [-0.2, -0.15) is 0 Å². The number of rotatable bonds is 6. The summed E-state index contributed by atoms with van der Waals surface area (Å²) >= 11 is 1.44. The molecule has 1 aliphatic rings. The van der Waals surface area contributed by atoms with Gasteiger partial charge in [0.25, 0.3) is 5.56 Å². The summed E-state index contributed by atoms with van der Waals surface area (Å²) in [5, 5.41) is 3.27. The van der Waals surface area contributed by atoms with Crippen LogP contribution in [0.15, 0.2) is 58.5 Å². The number of carbonyl (C=O) groups is 1. The lowest BCUT2D eigenvalue weighted by atomic mass is 9.86. The highest BCUT2D eigenvalue weighted by Gasteiger charge is 2.32. The van der Waals surface area contributed by atoms with Gasteiger partial charge >= 0.3 is 0 Å². The van der Waals surface area contributed by atoms with E-state index in [2.05, 4.69) is 34.3 Å². The molecule has 0 bridgehead atoms. The summed E-state index contributed by atoms with van der Waals surface area (Å²) in [6.45, 7) is 5.95. The molecule has 0 saturated carbocycles. The Morgan fingerprint density at radius 1 is 1.13 bits per heavy atom. The third-order valence-corrected chi connectivity index (χ3v) is 6.13. The minimum atomic E-state index is -0.412. The lowest BCUT2D eigenvalue weighted by Crippen LogP contribution is -2.31. The fourth-order valence-corrected chi connectivity index (χ4v) is 4.67. The number of aromatic amines is 1. The van der Waals surface area contributed by atoms with Gasteiger partial charge in [0.1, 0.15) is 11.6 Å². The van der Waals surface area contributed by atoms with Crippen molar-refractivity contribution in [3.8, 4) is 5.75 Å². The Labute approximate surface area is 185 Å². The molecule has 4 rings (SSSR count). The molecule has 1 aromatic heterocycles. The number of aromatic nitrogens is 2. The van der Waals surface area contributed by atoms with Gasteiger partial charge < -0.3 is 15.0 Å². The number of aryl methyl sites for hydroxylation is 1. The average molecular weight is 436 g/mol. The van der Waals surface area contributed by atoms with Crippen LogP contribution < -0.4 is 15.6 Å². The molecule has 1 amide bonds. The average Bonchev–Trinajstić information content (AvgIpc) is 2.72. The van der Waals surface area contributed by atoms with Crippen LogP contribution in [0.3, 0.4) is 0 Å². The maximum atomic E-state index is 13.1. The van der Waals surface area contributed by atoms with Gasteiger partial charge in [-0.25, -0.2) is 4.98 Å². The fourth-order valence-electron chi connectivity index (χ4n) is 3.73. The first kappa shape index (κ1) is 21.2. The van der Waals surface area contributed by atoms with E-state index in [4.69, 9.17) is 4.74 Å². The van der Waals surface area contributed by atoms with Crippen LogP contribution in [0.25, 0.3) is 0 Å². The van der Waals surface area contributed by atoms with E-state index in [-0.39, 0.29) is 24.0 Å². The van der Waals surface area contributed by atoms with E-state index in [0.29, 0.717) is 28.0 Å². The molecule has 0 aliphatic carbocycles. The van der Waals surface area contributed by atoms with E-state index < -0.39 is 5.92 Å². The normalized spacial score (nSPS) is 15.5. The number of carbonyl (C=O) groups excluding carboxylic acids is 1. The number of ether oxygens (including phenoxy) is 1. The first-order valence-electron chi connectivity index (χ1n) is 10.3. The summed E-state index contributed by atoms with van der Waals surface area (Å²) in [5.41, 5.74) is 3.42. The molecule has 7 heteroatoms. The molecule has 6 nitrogen and oxygen atoms in total. The van der Waals surface area contributed by atoms with Crippen molar-refractivity contribution in [3.63, 3.8) is 0 Å². The van der Waals surface area contributed by atoms with Gasteiger partial charge in [0.05, 0.1) is 11.7 Å². The van der Waals surface area contributed by atoms with Crippen molar-refractivity contribution in [3.05, 3.63) is 81.1 Å². The minimum absolute atomic E-state index is 0.0188. The van der Waals surface area contributed by atoms with Crippen molar-refractivity contribution in [2.24, 2.45) is 0 Å². The van der Waals surface area contributed by atoms with E-state index in [0.717, 1.165) is 5.56 Å². The van der Waals surface area contributed by atoms with Gasteiger partial charge in [0, 0.05) is 23.7 Å². The van der Waals surface area contributed by atoms with Crippen molar-refractivity contribution in [1.29, 1.82) is 0 Å². The zero-order chi connectivity index (χ0) is 22.0. The summed E-state index contributed by atoms with van der Waals surface area (Å²) in [4.78, 5) is 33.0. The highest BCUT2D eigenvalue weighted by atomic mass is 32.2. The molecule has 0 saturated heterocycles. The number of amides is 1. The molecule has 2 heterocycles. The SMILES string of the molecule is Cc1ccccc1CSc1nc2c(c(=O)[nH]1)[C@H](c1ccccc1OC(C)C)CC(=O)N2. The van der Waals surface area contributed by atoms with Crippen LogP contribution in [-0.4, -0.2) is 22.0 Å². The van der Waals surface area contributed by atoms with Gasteiger partial charge in [0.15, 0.2) is 5.16 Å². The van der Waals surface area contributed by atoms with E-state index in [1.807, 2.05) is 50.2 Å². The van der Waals surface area contributed by atoms with Crippen LogP contribution in [0, 0.1) is 6.92 Å². The fraction of sp³-hybridized carbons (Fsp3) is 0.292. The number of anilines is 1. The molecule has 0 fully saturated rings. The lowest BCUT2D eigenvalue weighted by Gasteiger charge is -2.26. The first-order chi connectivity index (χ1) is 14.9. The molecule has 1 aliphatic heterocycles. The molecule has 160 valence electrons. The number of hydrogen-bond donors (Lipinski definition) is 2. The maximum Gasteiger partial charge on any atom is 0.257 e. The second-order valence-corrected chi connectivity index (χ2v) is 8.82. The Morgan fingerprint density at radius 3 is 2.65 bits per heavy atom. The number of benzene rings is 2. The van der Waals surface area contributed by atoms with Crippen molar-refractivity contribution >= 4 is 23.5 Å². The predicted molar refractivity (Wildman–Crippen MR) is 123 cm³/mol. The maximum absolute atomic E-state index is 13.1. The number of thioether (sulfide) groups is 1. The molecule has 3 aromatic rings. The number of nitrogens with zero attached hydrogens (tertiary/aromatic N) is 1. The number of para-hydroxylation sites is 1. The van der Waals surface area contributed by atoms with Gasteiger partial charge in [0.2, 0.25) is 5.91 Å². The summed E-state index contributed by atoms with van der Waals surface area (Å²) in [6, 6.07) is 15.7. The minimum Gasteiger partial charge on any atom is -0.491 e. The van der Waals surface area contributed by atoms with Gasteiger partial charge in [-0.3, -0.25) is 9.59 Å². The second-order valence-electron chi connectivity index (χ2n) is 7.86. The van der Waals surface area contributed by atoms with Crippen LogP contribution >= 0.6 is 11.8 Å². The Bertz CT molecular complexity index is 1170. The molecular formula is C24H25N3O3S. The van der Waals surface area contributed by atoms with Crippen molar-refractivity contribution in [2.75, 3.05) is 5.32 Å². The molecule has 31 heavy (non-hydrogen) atoms. The van der Waals surface area contributed by atoms with E-state index in [9.17, 15) is 9.59 Å². The molecule has 2 aromatic carbocycles. The quantitative estimate of drug-likeness (QED) is 0.436. The molecule has 0 radical (unpaired) electrons. The van der Waals surface area contributed by atoms with Crippen LogP contribution in [0.4, 0.5) is 5.82 Å². The van der Waals surface area contributed by atoms with E-state index >= 15 is 0 Å². The zero-order valence-electron chi connectivity index (χ0n) is 17.8. The van der Waals surface area contributed by atoms with Gasteiger partial charge in [-0.1, -0.05) is 54.2 Å². The molecule has 0 spiro atoms. The highest BCUT2D eigenvalue weighted by molar-refractivity contribution is 7.98. The first-order valence-corrected chi connectivity index (χ1v) is 11.3. The molecular weight excluding hydrogens is 410 g/mol.